The zero-order valence-corrected chi connectivity index (χ0v) is 12.2. The Bertz CT molecular complexity index is 308. The van der Waals surface area contributed by atoms with Gasteiger partial charge in [-0.15, -0.1) is 0 Å². The van der Waals surface area contributed by atoms with Gasteiger partial charge in [0.05, 0.1) is 10.5 Å². The van der Waals surface area contributed by atoms with Gasteiger partial charge in [0.2, 0.25) is 0 Å². The summed E-state index contributed by atoms with van der Waals surface area (Å²) < 4.78 is 23.7. The Morgan fingerprint density at radius 3 is 2.00 bits per heavy atom. The fourth-order valence-corrected chi connectivity index (χ4v) is 4.71. The highest BCUT2D eigenvalue weighted by molar-refractivity contribution is 9.09. The van der Waals surface area contributed by atoms with Crippen molar-refractivity contribution in [1.29, 1.82) is 0 Å². The van der Waals surface area contributed by atoms with Gasteiger partial charge in [0, 0.05) is 5.33 Å². The van der Waals surface area contributed by atoms with E-state index < -0.39 is 14.6 Å². The fourth-order valence-electron chi connectivity index (χ4n) is 2.06. The average molecular weight is 297 g/mol. The maximum absolute atomic E-state index is 12.2. The van der Waals surface area contributed by atoms with E-state index in [1.807, 2.05) is 0 Å². The van der Waals surface area contributed by atoms with Crippen molar-refractivity contribution >= 4 is 25.8 Å². The van der Waals surface area contributed by atoms with Gasteiger partial charge in [0.15, 0.2) is 9.84 Å². The molecule has 1 fully saturated rings. The molecule has 0 radical (unpaired) electrons. The highest BCUT2D eigenvalue weighted by Gasteiger charge is 2.41. The third kappa shape index (κ3) is 2.96. The van der Waals surface area contributed by atoms with Gasteiger partial charge >= 0.3 is 0 Å². The summed E-state index contributed by atoms with van der Waals surface area (Å²) in [5.41, 5.74) is 0.00606. The maximum atomic E-state index is 12.2. The van der Waals surface area contributed by atoms with Gasteiger partial charge in [0.1, 0.15) is 0 Å². The number of hydrogen-bond acceptors (Lipinski definition) is 2. The molecule has 0 bridgehead atoms. The van der Waals surface area contributed by atoms with Crippen LogP contribution in [0.2, 0.25) is 0 Å². The Morgan fingerprint density at radius 1 is 1.20 bits per heavy atom. The van der Waals surface area contributed by atoms with Crippen LogP contribution in [0.25, 0.3) is 0 Å². The smallest absolute Gasteiger partial charge is 0.155 e. The third-order valence-electron chi connectivity index (χ3n) is 3.38. The molecule has 0 unspecified atom stereocenters. The predicted molar refractivity (Wildman–Crippen MR) is 68.2 cm³/mol. The average Bonchev–Trinajstić information content (AvgIpc) is 2.51. The topological polar surface area (TPSA) is 34.1 Å². The number of sulfone groups is 1. The van der Waals surface area contributed by atoms with Gasteiger partial charge in [0.25, 0.3) is 0 Å². The zero-order chi connectivity index (χ0) is 11.7. The molecular weight excluding hydrogens is 276 g/mol. The molecule has 0 N–H and O–H groups in total. The van der Waals surface area contributed by atoms with Gasteiger partial charge in [-0.3, -0.25) is 0 Å². The first-order chi connectivity index (χ1) is 6.72. The molecule has 1 aliphatic rings. The summed E-state index contributed by atoms with van der Waals surface area (Å²) >= 11 is 3.49. The predicted octanol–water partition coefficient (Wildman–Crippen LogP) is 3.16. The molecule has 1 rings (SSSR count). The number of rotatable bonds is 3. The minimum Gasteiger partial charge on any atom is -0.228 e. The first kappa shape index (κ1) is 13.5. The summed E-state index contributed by atoms with van der Waals surface area (Å²) in [6.45, 7) is 5.37. The van der Waals surface area contributed by atoms with Crippen LogP contribution in [-0.2, 0) is 9.84 Å². The number of alkyl halides is 1. The zero-order valence-electron chi connectivity index (χ0n) is 9.85. The second kappa shape index (κ2) is 4.36. The van der Waals surface area contributed by atoms with Crippen LogP contribution in [0, 0.1) is 5.41 Å². The van der Waals surface area contributed by atoms with Crippen molar-refractivity contribution in [3.05, 3.63) is 0 Å². The second-order valence-electron chi connectivity index (χ2n) is 5.71. The van der Waals surface area contributed by atoms with Crippen molar-refractivity contribution < 1.29 is 8.42 Å². The summed E-state index contributed by atoms with van der Waals surface area (Å²) in [6.07, 6.45) is 4.44. The summed E-state index contributed by atoms with van der Waals surface area (Å²) in [6, 6.07) is 0. The molecule has 0 aromatic carbocycles. The molecule has 0 spiro atoms. The third-order valence-corrected chi connectivity index (χ3v) is 7.42. The van der Waals surface area contributed by atoms with E-state index in [4.69, 9.17) is 0 Å². The lowest BCUT2D eigenvalue weighted by Gasteiger charge is -2.30. The fraction of sp³-hybridized carbons (Fsp3) is 1.00. The van der Waals surface area contributed by atoms with Crippen molar-refractivity contribution in [1.82, 2.24) is 0 Å². The minimum atomic E-state index is -2.98. The highest BCUT2D eigenvalue weighted by Crippen LogP contribution is 2.42. The van der Waals surface area contributed by atoms with Crippen molar-refractivity contribution in [3.63, 3.8) is 0 Å². The van der Waals surface area contributed by atoms with Crippen LogP contribution < -0.4 is 0 Å². The lowest BCUT2D eigenvalue weighted by atomic mass is 9.92. The molecule has 15 heavy (non-hydrogen) atoms. The van der Waals surface area contributed by atoms with Crippen molar-refractivity contribution in [2.75, 3.05) is 11.1 Å². The molecule has 0 aromatic heterocycles. The van der Waals surface area contributed by atoms with Crippen LogP contribution in [0.3, 0.4) is 0 Å². The summed E-state index contributed by atoms with van der Waals surface area (Å²) in [7, 11) is -2.98. The number of hydrogen-bond donors (Lipinski definition) is 0. The van der Waals surface area contributed by atoms with Gasteiger partial charge in [-0.1, -0.05) is 28.8 Å². The van der Waals surface area contributed by atoms with Crippen LogP contribution in [0.1, 0.15) is 46.5 Å². The van der Waals surface area contributed by atoms with Crippen LogP contribution in [0.5, 0.6) is 0 Å². The Morgan fingerprint density at radius 2 is 1.67 bits per heavy atom. The molecule has 4 heteroatoms. The monoisotopic (exact) mass is 296 g/mol. The van der Waals surface area contributed by atoms with Crippen molar-refractivity contribution in [3.8, 4) is 0 Å². The Labute approximate surface area is 102 Å². The van der Waals surface area contributed by atoms with Crippen LogP contribution in [0.4, 0.5) is 0 Å². The molecule has 0 amide bonds. The standard InChI is InChI=1S/C11H21BrO2S/c1-10(2,3)15(13,14)9-11(8-12)6-4-5-7-11/h4-9H2,1-3H3. The molecule has 1 aliphatic carbocycles. The Kier molecular flexibility index (Phi) is 3.92. The molecule has 0 heterocycles. The van der Waals surface area contributed by atoms with E-state index in [1.165, 1.54) is 12.8 Å². The van der Waals surface area contributed by atoms with Crippen LogP contribution in [-0.4, -0.2) is 24.2 Å². The molecular formula is C11H21BrO2S. The molecule has 0 aromatic rings. The Balaban J connectivity index is 2.84. The molecule has 0 saturated heterocycles. The molecule has 1 saturated carbocycles. The van der Waals surface area contributed by atoms with E-state index in [-0.39, 0.29) is 5.41 Å². The quantitative estimate of drug-likeness (QED) is 0.750. The lowest BCUT2D eigenvalue weighted by molar-refractivity contribution is 0.390. The van der Waals surface area contributed by atoms with Crippen LogP contribution >= 0.6 is 15.9 Å². The van der Waals surface area contributed by atoms with Crippen molar-refractivity contribution in [2.45, 2.75) is 51.2 Å². The van der Waals surface area contributed by atoms with E-state index >= 15 is 0 Å². The maximum Gasteiger partial charge on any atom is 0.155 e. The van der Waals surface area contributed by atoms with E-state index in [0.717, 1.165) is 18.2 Å². The molecule has 0 aliphatic heterocycles. The molecule has 2 nitrogen and oxygen atoms in total. The normalized spacial score (nSPS) is 21.9. The molecule has 90 valence electrons. The summed E-state index contributed by atoms with van der Waals surface area (Å²) in [5.74, 6) is 0.342. The highest BCUT2D eigenvalue weighted by atomic mass is 79.9. The van der Waals surface area contributed by atoms with Gasteiger partial charge in [-0.05, 0) is 39.0 Å². The SMILES string of the molecule is CC(C)(C)S(=O)(=O)CC1(CBr)CCCC1. The van der Waals surface area contributed by atoms with Gasteiger partial charge in [-0.25, -0.2) is 8.42 Å². The largest absolute Gasteiger partial charge is 0.228 e. The van der Waals surface area contributed by atoms with Crippen LogP contribution in [0.15, 0.2) is 0 Å². The summed E-state index contributed by atoms with van der Waals surface area (Å²) in [5, 5.41) is 0.815. The van der Waals surface area contributed by atoms with Crippen molar-refractivity contribution in [2.24, 2.45) is 5.41 Å². The van der Waals surface area contributed by atoms with E-state index in [9.17, 15) is 8.42 Å². The van der Waals surface area contributed by atoms with E-state index in [1.54, 1.807) is 20.8 Å². The first-order valence-electron chi connectivity index (χ1n) is 5.51. The summed E-state index contributed by atoms with van der Waals surface area (Å²) in [4.78, 5) is 0. The van der Waals surface area contributed by atoms with E-state index in [2.05, 4.69) is 15.9 Å². The van der Waals surface area contributed by atoms with Gasteiger partial charge < -0.3 is 0 Å². The second-order valence-corrected chi connectivity index (χ2v) is 9.02. The molecule has 0 atom stereocenters. The Hall–Kier alpha value is 0.430. The number of halogens is 1. The first-order valence-corrected chi connectivity index (χ1v) is 8.28. The van der Waals surface area contributed by atoms with E-state index in [0.29, 0.717) is 5.75 Å². The minimum absolute atomic E-state index is 0.00606. The lowest BCUT2D eigenvalue weighted by Crippen LogP contribution is -2.38. The van der Waals surface area contributed by atoms with Gasteiger partial charge in [-0.2, -0.15) is 0 Å².